The molecule has 47 heavy (non-hydrogen) atoms. The Bertz CT molecular complexity index is 2020. The first-order valence-electron chi connectivity index (χ1n) is 15.2. The molecule has 0 unspecified atom stereocenters. The second kappa shape index (κ2) is 12.1. The summed E-state index contributed by atoms with van der Waals surface area (Å²) in [6.45, 7) is 1.46. The van der Waals surface area contributed by atoms with E-state index in [1.54, 1.807) is 25.3 Å². The number of aromatic nitrogens is 2. The number of fused-ring (bicyclic) bond motifs is 2. The highest BCUT2D eigenvalue weighted by Crippen LogP contribution is 2.52. The molecule has 2 aliphatic rings. The number of carbonyl (C=O) groups excluding carboxylic acids is 1. The number of methoxy groups -OCH3 is 1. The summed E-state index contributed by atoms with van der Waals surface area (Å²) in [7, 11) is 1.60. The smallest absolute Gasteiger partial charge is 0.340 e. The van der Waals surface area contributed by atoms with Crippen LogP contribution in [0.2, 0.25) is 0 Å². The minimum atomic E-state index is -1.15. The van der Waals surface area contributed by atoms with Gasteiger partial charge >= 0.3 is 5.69 Å². The number of hydrogen-bond donors (Lipinski definition) is 1. The van der Waals surface area contributed by atoms with E-state index in [9.17, 15) is 19.5 Å². The van der Waals surface area contributed by atoms with Crippen molar-refractivity contribution in [2.24, 2.45) is 0 Å². The second-order valence-electron chi connectivity index (χ2n) is 11.6. The Labute approximate surface area is 270 Å². The van der Waals surface area contributed by atoms with Crippen molar-refractivity contribution in [1.29, 1.82) is 0 Å². The standard InChI is InChI=1S/C37H32N2O8/c1-23-21-38(36(43)39(34(23)41)35(42)24-10-4-3-5-11-24)33-20-29(40)32(47-33)22-45-37(25-16-18-26(44-2)19-17-25)27-12-6-8-14-30(27)46-31-15-9-7-13-28(31)37/h3-19,21,29,32-33,40H,20,22H2,1-2H3/t29-,32+,33+/m0/s1. The van der Waals surface area contributed by atoms with Crippen molar-refractivity contribution in [3.05, 3.63) is 158 Å². The summed E-state index contributed by atoms with van der Waals surface area (Å²) in [5.41, 5.74) is 0.0130. The SMILES string of the molecule is COc1ccc(C2(OC[C@H]3O[C@@H](n4cc(C)c(=O)n(C(=O)c5ccccc5)c4=O)C[C@@H]3O)c3ccccc3Oc3ccccc32)cc1. The molecule has 0 radical (unpaired) electrons. The van der Waals surface area contributed by atoms with Gasteiger partial charge in [0.25, 0.3) is 11.5 Å². The van der Waals surface area contributed by atoms with Crippen LogP contribution in [0.3, 0.4) is 0 Å². The lowest BCUT2D eigenvalue weighted by atomic mass is 9.77. The number of ether oxygens (including phenoxy) is 4. The summed E-state index contributed by atoms with van der Waals surface area (Å²) in [5, 5.41) is 11.2. The molecule has 0 saturated carbocycles. The van der Waals surface area contributed by atoms with Crippen molar-refractivity contribution in [3.63, 3.8) is 0 Å². The van der Waals surface area contributed by atoms with E-state index < -0.39 is 41.2 Å². The van der Waals surface area contributed by atoms with Gasteiger partial charge < -0.3 is 24.1 Å². The molecule has 10 heteroatoms. The van der Waals surface area contributed by atoms with E-state index in [0.29, 0.717) is 21.8 Å². The van der Waals surface area contributed by atoms with Crippen molar-refractivity contribution < 1.29 is 28.8 Å². The van der Waals surface area contributed by atoms with Crippen LogP contribution in [-0.2, 0) is 15.1 Å². The van der Waals surface area contributed by atoms with Gasteiger partial charge in [-0.3, -0.25) is 14.2 Å². The third kappa shape index (κ3) is 5.16. The average Bonchev–Trinajstić information content (AvgIpc) is 3.48. The zero-order chi connectivity index (χ0) is 32.7. The Morgan fingerprint density at radius 1 is 0.894 bits per heavy atom. The number of para-hydroxylation sites is 2. The zero-order valence-electron chi connectivity index (χ0n) is 25.7. The molecule has 3 heterocycles. The summed E-state index contributed by atoms with van der Waals surface area (Å²) in [6, 6.07) is 31.0. The molecule has 7 rings (SSSR count). The van der Waals surface area contributed by atoms with Crippen LogP contribution in [-0.4, -0.2) is 46.1 Å². The molecule has 1 N–H and O–H groups in total. The lowest BCUT2D eigenvalue weighted by Crippen LogP contribution is -2.45. The summed E-state index contributed by atoms with van der Waals surface area (Å²) >= 11 is 0. The molecule has 0 amide bonds. The third-order valence-corrected chi connectivity index (χ3v) is 8.74. The molecular weight excluding hydrogens is 600 g/mol. The molecule has 1 saturated heterocycles. The molecule has 0 spiro atoms. The Balaban J connectivity index is 1.24. The van der Waals surface area contributed by atoms with Crippen LogP contribution >= 0.6 is 0 Å². The maximum absolute atomic E-state index is 13.6. The molecule has 10 nitrogen and oxygen atoms in total. The summed E-state index contributed by atoms with van der Waals surface area (Å²) in [4.78, 5) is 39.9. The highest BCUT2D eigenvalue weighted by Gasteiger charge is 2.47. The summed E-state index contributed by atoms with van der Waals surface area (Å²) < 4.78 is 26.7. The molecule has 0 bridgehead atoms. The molecule has 2 aliphatic heterocycles. The normalized spacial score (nSPS) is 19.3. The first-order valence-corrected chi connectivity index (χ1v) is 15.2. The van der Waals surface area contributed by atoms with Crippen LogP contribution in [0.25, 0.3) is 0 Å². The van der Waals surface area contributed by atoms with Crippen LogP contribution in [0.15, 0.2) is 119 Å². The predicted octanol–water partition coefficient (Wildman–Crippen LogP) is 4.78. The lowest BCUT2D eigenvalue weighted by Gasteiger charge is -2.41. The van der Waals surface area contributed by atoms with E-state index in [1.165, 1.54) is 29.8 Å². The minimum Gasteiger partial charge on any atom is -0.497 e. The largest absolute Gasteiger partial charge is 0.497 e. The molecule has 0 aliphatic carbocycles. The lowest BCUT2D eigenvalue weighted by molar-refractivity contribution is -0.0962. The number of hydrogen-bond acceptors (Lipinski definition) is 8. The van der Waals surface area contributed by atoms with Gasteiger partial charge in [0.2, 0.25) is 0 Å². The van der Waals surface area contributed by atoms with Crippen LogP contribution in [0.1, 0.15) is 45.3 Å². The van der Waals surface area contributed by atoms with Gasteiger partial charge in [0.15, 0.2) is 5.60 Å². The fourth-order valence-electron chi connectivity index (χ4n) is 6.37. The number of nitrogens with zero attached hydrogens (tertiary/aromatic N) is 2. The number of aryl methyl sites for hydroxylation is 1. The zero-order valence-corrected chi connectivity index (χ0v) is 25.7. The Kier molecular flexibility index (Phi) is 7.85. The topological polar surface area (TPSA) is 118 Å². The van der Waals surface area contributed by atoms with E-state index in [2.05, 4.69) is 0 Å². The van der Waals surface area contributed by atoms with Gasteiger partial charge in [-0.05, 0) is 48.9 Å². The Morgan fingerprint density at radius 3 is 2.15 bits per heavy atom. The van der Waals surface area contributed by atoms with E-state index in [1.807, 2.05) is 72.8 Å². The molecule has 1 fully saturated rings. The van der Waals surface area contributed by atoms with Crippen LogP contribution in [0, 0.1) is 6.92 Å². The van der Waals surface area contributed by atoms with Gasteiger partial charge in [0, 0.05) is 34.9 Å². The van der Waals surface area contributed by atoms with Crippen molar-refractivity contribution in [2.75, 3.05) is 13.7 Å². The van der Waals surface area contributed by atoms with E-state index in [0.717, 1.165) is 16.7 Å². The Hall–Kier alpha value is -5.29. The fourth-order valence-corrected chi connectivity index (χ4v) is 6.37. The van der Waals surface area contributed by atoms with Gasteiger partial charge in [-0.25, -0.2) is 4.79 Å². The fraction of sp³-hybridized carbons (Fsp3) is 0.216. The second-order valence-corrected chi connectivity index (χ2v) is 11.6. The highest BCUT2D eigenvalue weighted by molar-refractivity contribution is 5.95. The molecule has 3 atom stereocenters. The van der Waals surface area contributed by atoms with Crippen LogP contribution in [0.4, 0.5) is 0 Å². The minimum absolute atomic E-state index is 0.0386. The number of rotatable bonds is 7. The quantitative estimate of drug-likeness (QED) is 0.273. The molecule has 1 aromatic heterocycles. The maximum atomic E-state index is 13.6. The molecule has 238 valence electrons. The monoisotopic (exact) mass is 632 g/mol. The average molecular weight is 633 g/mol. The van der Waals surface area contributed by atoms with Crippen LogP contribution in [0.5, 0.6) is 17.2 Å². The van der Waals surface area contributed by atoms with E-state index in [-0.39, 0.29) is 24.2 Å². The molecule has 4 aromatic carbocycles. The highest BCUT2D eigenvalue weighted by atomic mass is 16.6. The predicted molar refractivity (Wildman–Crippen MR) is 172 cm³/mol. The number of carbonyl (C=O) groups is 1. The summed E-state index contributed by atoms with van der Waals surface area (Å²) in [5.74, 6) is 1.19. The molecular formula is C37H32N2O8. The van der Waals surface area contributed by atoms with Crippen molar-refractivity contribution in [1.82, 2.24) is 9.13 Å². The first-order chi connectivity index (χ1) is 22.8. The van der Waals surface area contributed by atoms with E-state index in [4.69, 9.17) is 18.9 Å². The van der Waals surface area contributed by atoms with Gasteiger partial charge in [0.1, 0.15) is 29.6 Å². The first kappa shape index (κ1) is 30.4. The number of aliphatic hydroxyl groups is 1. The number of aliphatic hydroxyl groups excluding tert-OH is 1. The van der Waals surface area contributed by atoms with Crippen molar-refractivity contribution in [2.45, 2.75) is 37.4 Å². The molecule has 5 aromatic rings. The third-order valence-electron chi connectivity index (χ3n) is 8.74. The van der Waals surface area contributed by atoms with Crippen molar-refractivity contribution >= 4 is 5.91 Å². The Morgan fingerprint density at radius 2 is 1.51 bits per heavy atom. The maximum Gasteiger partial charge on any atom is 0.340 e. The van der Waals surface area contributed by atoms with Crippen LogP contribution < -0.4 is 20.7 Å². The number of benzene rings is 4. The van der Waals surface area contributed by atoms with Gasteiger partial charge in [-0.15, -0.1) is 0 Å². The van der Waals surface area contributed by atoms with E-state index >= 15 is 0 Å². The summed E-state index contributed by atoms with van der Waals surface area (Å²) in [6.07, 6.45) is -1.42. The van der Waals surface area contributed by atoms with Gasteiger partial charge in [-0.1, -0.05) is 66.7 Å². The van der Waals surface area contributed by atoms with Gasteiger partial charge in [0.05, 0.1) is 19.8 Å². The van der Waals surface area contributed by atoms with Gasteiger partial charge in [-0.2, -0.15) is 4.57 Å². The van der Waals surface area contributed by atoms with Crippen molar-refractivity contribution in [3.8, 4) is 17.2 Å².